The Morgan fingerprint density at radius 3 is 2.83 bits per heavy atom. The van der Waals surface area contributed by atoms with Gasteiger partial charge in [-0.05, 0) is 53.9 Å². The first kappa shape index (κ1) is 15.3. The van der Waals surface area contributed by atoms with Gasteiger partial charge in [-0.3, -0.25) is 4.79 Å². The van der Waals surface area contributed by atoms with E-state index in [-0.39, 0.29) is 5.91 Å². The van der Waals surface area contributed by atoms with E-state index in [1.807, 2.05) is 11.0 Å². The highest BCUT2D eigenvalue weighted by atomic mass is 79.9. The topological polar surface area (TPSA) is 55.4 Å². The van der Waals surface area contributed by atoms with Gasteiger partial charge in [0.25, 0.3) is 5.91 Å². The quantitative estimate of drug-likeness (QED) is 0.511. The zero-order chi connectivity index (χ0) is 16.1. The molecule has 0 saturated carbocycles. The van der Waals surface area contributed by atoms with Crippen molar-refractivity contribution in [1.29, 1.82) is 0 Å². The van der Waals surface area contributed by atoms with Gasteiger partial charge in [0.2, 0.25) is 0 Å². The molecule has 1 aliphatic heterocycles. The standard InChI is InChI=1S/C14H10Br3N5O/c15-8-5-18-12-4-11(19-22(12)6-8)14(23)20-1-2-21-9(7-20)3-10(16)13(21)17/h3-6H,1-2,7H2. The molecule has 1 aliphatic rings. The Morgan fingerprint density at radius 2 is 2.00 bits per heavy atom. The SMILES string of the molecule is O=C(c1cc2ncc(Br)cn2n1)N1CCn2c(cc(Br)c2Br)C1. The second-order valence-corrected chi connectivity index (χ2v) is 7.78. The average Bonchev–Trinajstić information content (AvgIpc) is 3.07. The molecule has 0 aromatic carbocycles. The highest BCUT2D eigenvalue weighted by Gasteiger charge is 2.25. The second kappa shape index (κ2) is 5.71. The molecule has 6 nitrogen and oxygen atoms in total. The largest absolute Gasteiger partial charge is 0.335 e. The van der Waals surface area contributed by atoms with E-state index in [0.29, 0.717) is 24.4 Å². The number of carbonyl (C=O) groups excluding carboxylic acids is 1. The molecule has 0 unspecified atom stereocenters. The Kier molecular flexibility index (Phi) is 3.81. The van der Waals surface area contributed by atoms with Crippen LogP contribution in [0.4, 0.5) is 0 Å². The maximum atomic E-state index is 12.7. The van der Waals surface area contributed by atoms with Crippen molar-refractivity contribution in [2.45, 2.75) is 13.1 Å². The van der Waals surface area contributed by atoms with E-state index in [2.05, 4.69) is 62.4 Å². The molecule has 0 fully saturated rings. The Balaban J connectivity index is 1.63. The summed E-state index contributed by atoms with van der Waals surface area (Å²) in [6.07, 6.45) is 3.47. The van der Waals surface area contributed by atoms with Gasteiger partial charge in [0.1, 0.15) is 0 Å². The molecule has 118 valence electrons. The Bertz CT molecular complexity index is 932. The fourth-order valence-electron chi connectivity index (χ4n) is 2.70. The number of nitrogens with zero attached hydrogens (tertiary/aromatic N) is 5. The summed E-state index contributed by atoms with van der Waals surface area (Å²) in [4.78, 5) is 18.8. The predicted molar refractivity (Wildman–Crippen MR) is 95.3 cm³/mol. The number of amides is 1. The number of aromatic nitrogens is 4. The highest BCUT2D eigenvalue weighted by molar-refractivity contribution is 9.13. The zero-order valence-electron chi connectivity index (χ0n) is 11.7. The van der Waals surface area contributed by atoms with Crippen molar-refractivity contribution in [1.82, 2.24) is 24.1 Å². The second-order valence-electron chi connectivity index (χ2n) is 5.26. The summed E-state index contributed by atoms with van der Waals surface area (Å²) in [5, 5.41) is 4.34. The third-order valence-electron chi connectivity index (χ3n) is 3.81. The van der Waals surface area contributed by atoms with Gasteiger partial charge in [0, 0.05) is 37.2 Å². The fraction of sp³-hybridized carbons (Fsp3) is 0.214. The van der Waals surface area contributed by atoms with Gasteiger partial charge >= 0.3 is 0 Å². The summed E-state index contributed by atoms with van der Waals surface area (Å²) < 4.78 is 6.61. The summed E-state index contributed by atoms with van der Waals surface area (Å²) >= 11 is 10.4. The van der Waals surface area contributed by atoms with Crippen molar-refractivity contribution in [3.8, 4) is 0 Å². The van der Waals surface area contributed by atoms with Crippen molar-refractivity contribution in [2.24, 2.45) is 0 Å². The number of hydrogen-bond acceptors (Lipinski definition) is 3. The predicted octanol–water partition coefficient (Wildman–Crippen LogP) is 3.47. The van der Waals surface area contributed by atoms with E-state index in [1.165, 1.54) is 0 Å². The highest BCUT2D eigenvalue weighted by Crippen LogP contribution is 2.30. The molecule has 0 aliphatic carbocycles. The zero-order valence-corrected chi connectivity index (χ0v) is 16.5. The number of rotatable bonds is 1. The average molecular weight is 504 g/mol. The van der Waals surface area contributed by atoms with E-state index in [4.69, 9.17) is 0 Å². The normalized spacial score (nSPS) is 14.3. The minimum Gasteiger partial charge on any atom is -0.335 e. The third kappa shape index (κ3) is 2.64. The number of fused-ring (bicyclic) bond motifs is 2. The monoisotopic (exact) mass is 501 g/mol. The molecule has 0 atom stereocenters. The molecule has 0 spiro atoms. The van der Waals surface area contributed by atoms with Crippen LogP contribution in [0, 0.1) is 0 Å². The van der Waals surface area contributed by atoms with Crippen molar-refractivity contribution in [3.63, 3.8) is 0 Å². The van der Waals surface area contributed by atoms with Crippen molar-refractivity contribution < 1.29 is 4.79 Å². The molecule has 0 radical (unpaired) electrons. The van der Waals surface area contributed by atoms with Gasteiger partial charge in [-0.2, -0.15) is 5.10 Å². The number of carbonyl (C=O) groups is 1. The van der Waals surface area contributed by atoms with E-state index >= 15 is 0 Å². The van der Waals surface area contributed by atoms with Gasteiger partial charge in [-0.15, -0.1) is 0 Å². The van der Waals surface area contributed by atoms with Crippen molar-refractivity contribution in [3.05, 3.63) is 49.5 Å². The van der Waals surface area contributed by atoms with Crippen LogP contribution in [0.2, 0.25) is 0 Å². The molecular weight excluding hydrogens is 494 g/mol. The first-order valence-corrected chi connectivity index (χ1v) is 9.24. The lowest BCUT2D eigenvalue weighted by atomic mass is 10.2. The van der Waals surface area contributed by atoms with E-state index in [1.54, 1.807) is 23.0 Å². The first-order chi connectivity index (χ1) is 11.0. The van der Waals surface area contributed by atoms with Crippen LogP contribution in [0.5, 0.6) is 0 Å². The summed E-state index contributed by atoms with van der Waals surface area (Å²) in [6, 6.07) is 3.75. The fourth-order valence-corrected chi connectivity index (χ4v) is 3.99. The molecule has 3 aromatic heterocycles. The van der Waals surface area contributed by atoms with Crippen LogP contribution < -0.4 is 0 Å². The van der Waals surface area contributed by atoms with Gasteiger partial charge in [-0.25, -0.2) is 9.50 Å². The molecule has 1 amide bonds. The van der Waals surface area contributed by atoms with Gasteiger partial charge in [0.05, 0.1) is 20.1 Å². The Morgan fingerprint density at radius 1 is 1.17 bits per heavy atom. The van der Waals surface area contributed by atoms with Gasteiger partial charge in [-0.1, -0.05) is 0 Å². The van der Waals surface area contributed by atoms with Gasteiger partial charge in [0.15, 0.2) is 11.3 Å². The van der Waals surface area contributed by atoms with Crippen molar-refractivity contribution in [2.75, 3.05) is 6.54 Å². The van der Waals surface area contributed by atoms with Crippen LogP contribution in [-0.4, -0.2) is 36.5 Å². The summed E-state index contributed by atoms with van der Waals surface area (Å²) in [6.45, 7) is 1.97. The molecule has 0 N–H and O–H groups in total. The van der Waals surface area contributed by atoms with Crippen molar-refractivity contribution >= 4 is 59.3 Å². The van der Waals surface area contributed by atoms with Crippen LogP contribution in [0.25, 0.3) is 5.65 Å². The van der Waals surface area contributed by atoms with Crippen LogP contribution >= 0.6 is 47.8 Å². The molecular formula is C14H10Br3N5O. The smallest absolute Gasteiger partial charge is 0.274 e. The lowest BCUT2D eigenvalue weighted by Crippen LogP contribution is -2.38. The van der Waals surface area contributed by atoms with E-state index in [0.717, 1.165) is 25.8 Å². The molecule has 9 heteroatoms. The Hall–Kier alpha value is -1.19. The molecule has 0 bridgehead atoms. The number of halogens is 3. The molecule has 4 rings (SSSR count). The molecule has 23 heavy (non-hydrogen) atoms. The van der Waals surface area contributed by atoms with Gasteiger partial charge < -0.3 is 9.47 Å². The van der Waals surface area contributed by atoms with E-state index < -0.39 is 0 Å². The Labute approximate surface area is 156 Å². The molecule has 4 heterocycles. The van der Waals surface area contributed by atoms with Crippen LogP contribution in [0.3, 0.4) is 0 Å². The summed E-state index contributed by atoms with van der Waals surface area (Å²) in [5.41, 5.74) is 2.16. The van der Waals surface area contributed by atoms with Crippen LogP contribution in [-0.2, 0) is 13.1 Å². The minimum atomic E-state index is -0.0775. The minimum absolute atomic E-state index is 0.0775. The van der Waals surface area contributed by atoms with Crippen LogP contribution in [0.15, 0.2) is 38.1 Å². The maximum Gasteiger partial charge on any atom is 0.274 e. The van der Waals surface area contributed by atoms with Crippen LogP contribution in [0.1, 0.15) is 16.2 Å². The first-order valence-electron chi connectivity index (χ1n) is 6.86. The molecule has 3 aromatic rings. The third-order valence-corrected chi connectivity index (χ3v) is 6.21. The number of hydrogen-bond donors (Lipinski definition) is 0. The lowest BCUT2D eigenvalue weighted by Gasteiger charge is -2.28. The lowest BCUT2D eigenvalue weighted by molar-refractivity contribution is 0.0704. The van der Waals surface area contributed by atoms with E-state index in [9.17, 15) is 4.79 Å². The maximum absolute atomic E-state index is 12.7. The summed E-state index contributed by atoms with van der Waals surface area (Å²) in [7, 11) is 0. The summed E-state index contributed by atoms with van der Waals surface area (Å²) in [5.74, 6) is -0.0775. The molecule has 0 saturated heterocycles.